The molecule has 4 heteroatoms. The van der Waals surface area contributed by atoms with E-state index in [0.29, 0.717) is 5.15 Å². The SMILES string of the molecule is Cc1ccnc(Cl)c1N1CC=CCC1Cl. The van der Waals surface area contributed by atoms with Gasteiger partial charge in [0.05, 0.1) is 5.69 Å². The molecule has 0 spiro atoms. The molecule has 2 heterocycles. The molecule has 0 amide bonds. The Morgan fingerprint density at radius 3 is 2.93 bits per heavy atom. The van der Waals surface area contributed by atoms with Crippen LogP contribution in [0.15, 0.2) is 24.4 Å². The molecule has 0 saturated heterocycles. The second-order valence-electron chi connectivity index (χ2n) is 3.56. The van der Waals surface area contributed by atoms with Crippen LogP contribution in [0.4, 0.5) is 5.69 Å². The van der Waals surface area contributed by atoms with Crippen LogP contribution >= 0.6 is 23.2 Å². The summed E-state index contributed by atoms with van der Waals surface area (Å²) in [5.41, 5.74) is 2.02. The second kappa shape index (κ2) is 4.42. The number of halogens is 2. The lowest BCUT2D eigenvalue weighted by atomic mass is 10.2. The molecule has 1 aliphatic rings. The van der Waals surface area contributed by atoms with Crippen molar-refractivity contribution in [3.05, 3.63) is 35.1 Å². The van der Waals surface area contributed by atoms with Crippen molar-refractivity contribution in [1.82, 2.24) is 4.98 Å². The zero-order valence-electron chi connectivity index (χ0n) is 8.45. The molecule has 1 aromatic rings. The maximum Gasteiger partial charge on any atom is 0.152 e. The van der Waals surface area contributed by atoms with Crippen molar-refractivity contribution in [2.24, 2.45) is 0 Å². The van der Waals surface area contributed by atoms with E-state index >= 15 is 0 Å². The van der Waals surface area contributed by atoms with E-state index in [-0.39, 0.29) is 5.50 Å². The number of nitrogens with zero attached hydrogens (tertiary/aromatic N) is 2. The summed E-state index contributed by atoms with van der Waals surface area (Å²) >= 11 is 12.3. The van der Waals surface area contributed by atoms with Crippen LogP contribution in [0, 0.1) is 6.92 Å². The highest BCUT2D eigenvalue weighted by Crippen LogP contribution is 2.32. The normalized spacial score (nSPS) is 20.7. The van der Waals surface area contributed by atoms with Gasteiger partial charge in [-0.15, -0.1) is 0 Å². The lowest BCUT2D eigenvalue weighted by Crippen LogP contribution is -2.34. The highest BCUT2D eigenvalue weighted by Gasteiger charge is 2.21. The summed E-state index contributed by atoms with van der Waals surface area (Å²) in [6.07, 6.45) is 6.74. The van der Waals surface area contributed by atoms with Crippen LogP contribution in [0.2, 0.25) is 5.15 Å². The minimum absolute atomic E-state index is 0.0320. The van der Waals surface area contributed by atoms with E-state index in [2.05, 4.69) is 22.0 Å². The first kappa shape index (κ1) is 10.8. The average Bonchev–Trinajstić information content (AvgIpc) is 2.20. The first-order valence-electron chi connectivity index (χ1n) is 4.87. The molecule has 80 valence electrons. The molecule has 0 fully saturated rings. The van der Waals surface area contributed by atoms with Gasteiger partial charge in [0.25, 0.3) is 0 Å². The number of aromatic nitrogens is 1. The molecule has 0 aliphatic carbocycles. The molecule has 0 saturated carbocycles. The number of rotatable bonds is 1. The van der Waals surface area contributed by atoms with Crippen LogP contribution in [0.5, 0.6) is 0 Å². The number of hydrogen-bond acceptors (Lipinski definition) is 2. The highest BCUT2D eigenvalue weighted by molar-refractivity contribution is 6.32. The minimum atomic E-state index is -0.0320. The summed E-state index contributed by atoms with van der Waals surface area (Å²) < 4.78 is 0. The molecule has 1 atom stereocenters. The van der Waals surface area contributed by atoms with E-state index in [0.717, 1.165) is 24.2 Å². The van der Waals surface area contributed by atoms with E-state index in [9.17, 15) is 0 Å². The molecule has 1 aromatic heterocycles. The zero-order chi connectivity index (χ0) is 10.8. The molecule has 0 N–H and O–H groups in total. The Hall–Kier alpha value is -0.730. The van der Waals surface area contributed by atoms with Crippen LogP contribution < -0.4 is 4.90 Å². The Morgan fingerprint density at radius 2 is 2.27 bits per heavy atom. The van der Waals surface area contributed by atoms with Gasteiger partial charge in [-0.25, -0.2) is 4.98 Å². The van der Waals surface area contributed by atoms with Gasteiger partial charge in [0.1, 0.15) is 5.50 Å². The molecule has 15 heavy (non-hydrogen) atoms. The summed E-state index contributed by atoms with van der Waals surface area (Å²) in [6, 6.07) is 1.95. The number of hydrogen-bond donors (Lipinski definition) is 0. The van der Waals surface area contributed by atoms with E-state index in [1.807, 2.05) is 13.0 Å². The number of alkyl halides is 1. The van der Waals surface area contributed by atoms with Gasteiger partial charge in [-0.2, -0.15) is 0 Å². The fraction of sp³-hybridized carbons (Fsp3) is 0.364. The van der Waals surface area contributed by atoms with Gasteiger partial charge in [0, 0.05) is 12.7 Å². The number of aryl methyl sites for hydroxylation is 1. The maximum atomic E-state index is 6.25. The molecule has 1 aliphatic heterocycles. The van der Waals surface area contributed by atoms with Gasteiger partial charge in [-0.3, -0.25) is 0 Å². The van der Waals surface area contributed by atoms with Crippen molar-refractivity contribution < 1.29 is 0 Å². The zero-order valence-corrected chi connectivity index (χ0v) is 9.96. The van der Waals surface area contributed by atoms with Gasteiger partial charge in [-0.1, -0.05) is 35.4 Å². The van der Waals surface area contributed by atoms with Crippen molar-refractivity contribution in [3.8, 4) is 0 Å². The highest BCUT2D eigenvalue weighted by atomic mass is 35.5. The van der Waals surface area contributed by atoms with Crippen LogP contribution in [-0.2, 0) is 0 Å². The lowest BCUT2D eigenvalue weighted by Gasteiger charge is -2.32. The van der Waals surface area contributed by atoms with Crippen LogP contribution in [0.25, 0.3) is 0 Å². The van der Waals surface area contributed by atoms with Gasteiger partial charge in [0.2, 0.25) is 0 Å². The van der Waals surface area contributed by atoms with Crippen LogP contribution in [0.3, 0.4) is 0 Å². The van der Waals surface area contributed by atoms with Crippen molar-refractivity contribution in [2.75, 3.05) is 11.4 Å². The Morgan fingerprint density at radius 1 is 1.47 bits per heavy atom. The summed E-state index contributed by atoms with van der Waals surface area (Å²) in [7, 11) is 0. The third-order valence-corrected chi connectivity index (χ3v) is 3.20. The van der Waals surface area contributed by atoms with E-state index < -0.39 is 0 Å². The van der Waals surface area contributed by atoms with Crippen LogP contribution in [0.1, 0.15) is 12.0 Å². The van der Waals surface area contributed by atoms with Crippen LogP contribution in [-0.4, -0.2) is 17.0 Å². The van der Waals surface area contributed by atoms with Crippen molar-refractivity contribution in [2.45, 2.75) is 18.8 Å². The maximum absolute atomic E-state index is 6.25. The second-order valence-corrected chi connectivity index (χ2v) is 4.42. The largest absolute Gasteiger partial charge is 0.348 e. The van der Waals surface area contributed by atoms with E-state index in [4.69, 9.17) is 23.2 Å². The lowest BCUT2D eigenvalue weighted by molar-refractivity contribution is 0.758. The smallest absolute Gasteiger partial charge is 0.152 e. The Bertz CT molecular complexity index is 370. The van der Waals surface area contributed by atoms with Gasteiger partial charge < -0.3 is 4.90 Å². The van der Waals surface area contributed by atoms with E-state index in [1.54, 1.807) is 6.20 Å². The monoisotopic (exact) mass is 242 g/mol. The standard InChI is InChI=1S/C11H12Cl2N2/c1-8-5-6-14-11(13)10(8)15-7-3-2-4-9(15)12/h2-3,5-6,9H,4,7H2,1H3. The third kappa shape index (κ3) is 2.11. The molecule has 1 unspecified atom stereocenters. The van der Waals surface area contributed by atoms with Crippen molar-refractivity contribution >= 4 is 28.9 Å². The number of anilines is 1. The Labute approximate surface area is 99.5 Å². The fourth-order valence-corrected chi connectivity index (χ4v) is 2.33. The number of pyridine rings is 1. The predicted octanol–water partition coefficient (Wildman–Crippen LogP) is 3.37. The molecule has 0 radical (unpaired) electrons. The molecular formula is C11H12Cl2N2. The third-order valence-electron chi connectivity index (χ3n) is 2.51. The Balaban J connectivity index is 2.40. The van der Waals surface area contributed by atoms with Gasteiger partial charge in [0.15, 0.2) is 5.15 Å². The van der Waals surface area contributed by atoms with Gasteiger partial charge in [-0.05, 0) is 25.0 Å². The first-order chi connectivity index (χ1) is 7.20. The first-order valence-corrected chi connectivity index (χ1v) is 5.68. The minimum Gasteiger partial charge on any atom is -0.348 e. The predicted molar refractivity (Wildman–Crippen MR) is 64.7 cm³/mol. The van der Waals surface area contributed by atoms with Crippen molar-refractivity contribution in [1.29, 1.82) is 0 Å². The Kier molecular flexibility index (Phi) is 3.17. The van der Waals surface area contributed by atoms with Crippen molar-refractivity contribution in [3.63, 3.8) is 0 Å². The molecule has 0 bridgehead atoms. The topological polar surface area (TPSA) is 16.1 Å². The van der Waals surface area contributed by atoms with E-state index in [1.165, 1.54) is 0 Å². The summed E-state index contributed by atoms with van der Waals surface area (Å²) in [4.78, 5) is 6.17. The summed E-state index contributed by atoms with van der Waals surface area (Å²) in [5.74, 6) is 0. The molecule has 2 rings (SSSR count). The quantitative estimate of drug-likeness (QED) is 0.325. The average molecular weight is 243 g/mol. The summed E-state index contributed by atoms with van der Waals surface area (Å²) in [6.45, 7) is 2.81. The molecular weight excluding hydrogens is 231 g/mol. The fourth-order valence-electron chi connectivity index (χ4n) is 1.73. The molecule has 0 aromatic carbocycles. The van der Waals surface area contributed by atoms with Gasteiger partial charge >= 0.3 is 0 Å². The summed E-state index contributed by atoms with van der Waals surface area (Å²) in [5, 5.41) is 0.524. The molecule has 2 nitrogen and oxygen atoms in total.